The fourth-order valence-corrected chi connectivity index (χ4v) is 3.46. The molecule has 0 radical (unpaired) electrons. The van der Waals surface area contributed by atoms with Gasteiger partial charge in [-0.1, -0.05) is 57.0 Å². The third-order valence-electron chi connectivity index (χ3n) is 5.12. The van der Waals surface area contributed by atoms with Crippen LogP contribution in [0.25, 0.3) is 0 Å². The van der Waals surface area contributed by atoms with E-state index in [1.807, 2.05) is 18.2 Å². The highest BCUT2D eigenvalue weighted by molar-refractivity contribution is 5.77. The van der Waals surface area contributed by atoms with Gasteiger partial charge in [0.1, 0.15) is 5.75 Å². The lowest BCUT2D eigenvalue weighted by molar-refractivity contribution is 0.475. The van der Waals surface area contributed by atoms with Crippen molar-refractivity contribution in [2.75, 3.05) is 4.90 Å². The molecule has 0 saturated heterocycles. The van der Waals surface area contributed by atoms with E-state index in [1.165, 1.54) is 36.8 Å². The maximum absolute atomic E-state index is 10.0. The van der Waals surface area contributed by atoms with Gasteiger partial charge in [-0.15, -0.1) is 0 Å². The number of hydrogen-bond donors (Lipinski definition) is 1. The minimum Gasteiger partial charge on any atom is -0.508 e. The summed E-state index contributed by atoms with van der Waals surface area (Å²) in [5, 5.41) is 10.0. The minimum atomic E-state index is 0.279. The summed E-state index contributed by atoms with van der Waals surface area (Å²) in [6, 6.07) is 25.1. The first-order valence-corrected chi connectivity index (χ1v) is 10.5. The molecule has 0 heterocycles. The van der Waals surface area contributed by atoms with Gasteiger partial charge in [0.15, 0.2) is 0 Å². The Labute approximate surface area is 169 Å². The standard InChI is InChI=1S/C26H31NO/c1-3-5-8-21-12-16-23(17-13-21)27(25-10-7-11-26(28)20-25)24-18-14-22(15-19-24)9-6-4-2/h7,10-20,28H,3-6,8-9H2,1-2H3. The van der Waals surface area contributed by atoms with Gasteiger partial charge in [-0.05, 0) is 73.2 Å². The Balaban J connectivity index is 1.93. The molecular formula is C26H31NO. The van der Waals surface area contributed by atoms with Crippen molar-refractivity contribution >= 4 is 17.1 Å². The van der Waals surface area contributed by atoms with Crippen molar-refractivity contribution in [1.29, 1.82) is 0 Å². The maximum atomic E-state index is 10.0. The molecule has 3 aromatic rings. The summed E-state index contributed by atoms with van der Waals surface area (Å²) in [5.41, 5.74) is 5.91. The molecule has 0 aliphatic heterocycles. The zero-order valence-corrected chi connectivity index (χ0v) is 17.1. The molecule has 0 atom stereocenters. The highest BCUT2D eigenvalue weighted by Gasteiger charge is 2.13. The van der Waals surface area contributed by atoms with Crippen LogP contribution in [0.4, 0.5) is 17.1 Å². The first-order valence-electron chi connectivity index (χ1n) is 10.5. The van der Waals surface area contributed by atoms with Gasteiger partial charge in [-0.25, -0.2) is 0 Å². The Morgan fingerprint density at radius 3 is 1.57 bits per heavy atom. The van der Waals surface area contributed by atoms with Crippen LogP contribution in [0.3, 0.4) is 0 Å². The molecule has 2 nitrogen and oxygen atoms in total. The lowest BCUT2D eigenvalue weighted by Crippen LogP contribution is -2.10. The van der Waals surface area contributed by atoms with Crippen molar-refractivity contribution in [1.82, 2.24) is 0 Å². The summed E-state index contributed by atoms with van der Waals surface area (Å²) in [7, 11) is 0. The summed E-state index contributed by atoms with van der Waals surface area (Å²) in [5.74, 6) is 0.279. The van der Waals surface area contributed by atoms with Gasteiger partial charge < -0.3 is 10.0 Å². The molecule has 1 N–H and O–H groups in total. The van der Waals surface area contributed by atoms with Gasteiger partial charge in [-0.3, -0.25) is 0 Å². The molecule has 0 unspecified atom stereocenters. The van der Waals surface area contributed by atoms with E-state index < -0.39 is 0 Å². The van der Waals surface area contributed by atoms with Crippen molar-refractivity contribution in [2.24, 2.45) is 0 Å². The Kier molecular flexibility index (Phi) is 7.13. The van der Waals surface area contributed by atoms with Crippen LogP contribution < -0.4 is 4.90 Å². The Morgan fingerprint density at radius 2 is 1.14 bits per heavy atom. The number of phenols is 1. The Morgan fingerprint density at radius 1 is 0.643 bits per heavy atom. The largest absolute Gasteiger partial charge is 0.508 e. The molecule has 0 aliphatic rings. The normalized spacial score (nSPS) is 10.8. The van der Waals surface area contributed by atoms with Crippen LogP contribution in [0.2, 0.25) is 0 Å². The van der Waals surface area contributed by atoms with E-state index in [0.717, 1.165) is 29.9 Å². The summed E-state index contributed by atoms with van der Waals surface area (Å²) in [6.45, 7) is 4.45. The average molecular weight is 374 g/mol. The van der Waals surface area contributed by atoms with Crippen molar-refractivity contribution < 1.29 is 5.11 Å². The number of anilines is 3. The Bertz CT molecular complexity index is 801. The maximum Gasteiger partial charge on any atom is 0.117 e. The number of nitrogens with zero attached hydrogens (tertiary/aromatic N) is 1. The molecule has 0 spiro atoms. The number of aromatic hydroxyl groups is 1. The molecule has 146 valence electrons. The second-order valence-electron chi connectivity index (χ2n) is 7.40. The van der Waals surface area contributed by atoms with Crippen molar-refractivity contribution in [3.63, 3.8) is 0 Å². The zero-order valence-electron chi connectivity index (χ0n) is 17.1. The smallest absolute Gasteiger partial charge is 0.117 e. The lowest BCUT2D eigenvalue weighted by Gasteiger charge is -2.26. The predicted octanol–water partition coefficient (Wildman–Crippen LogP) is 7.55. The van der Waals surface area contributed by atoms with Gasteiger partial charge in [-0.2, -0.15) is 0 Å². The molecule has 0 aliphatic carbocycles. The Hall–Kier alpha value is -2.74. The summed E-state index contributed by atoms with van der Waals surface area (Å²) < 4.78 is 0. The average Bonchev–Trinajstić information content (AvgIpc) is 2.73. The van der Waals surface area contributed by atoms with Crippen molar-refractivity contribution in [3.05, 3.63) is 83.9 Å². The van der Waals surface area contributed by atoms with Crippen LogP contribution in [-0.2, 0) is 12.8 Å². The summed E-state index contributed by atoms with van der Waals surface area (Å²) in [4.78, 5) is 2.20. The third kappa shape index (κ3) is 5.16. The molecule has 0 aromatic heterocycles. The number of hydrogen-bond acceptors (Lipinski definition) is 2. The molecule has 0 bridgehead atoms. The quantitative estimate of drug-likeness (QED) is 0.418. The van der Waals surface area contributed by atoms with Gasteiger partial charge in [0, 0.05) is 23.1 Å². The van der Waals surface area contributed by atoms with E-state index >= 15 is 0 Å². The number of rotatable bonds is 9. The summed E-state index contributed by atoms with van der Waals surface area (Å²) in [6.07, 6.45) is 7.09. The fraction of sp³-hybridized carbons (Fsp3) is 0.308. The number of benzene rings is 3. The van der Waals surface area contributed by atoms with E-state index in [1.54, 1.807) is 6.07 Å². The number of aryl methyl sites for hydroxylation is 2. The molecule has 0 saturated carbocycles. The molecule has 0 amide bonds. The van der Waals surface area contributed by atoms with Gasteiger partial charge in [0.05, 0.1) is 0 Å². The van der Waals surface area contributed by atoms with Crippen LogP contribution >= 0.6 is 0 Å². The highest BCUT2D eigenvalue weighted by Crippen LogP contribution is 2.36. The van der Waals surface area contributed by atoms with Crippen LogP contribution in [0, 0.1) is 0 Å². The second-order valence-corrected chi connectivity index (χ2v) is 7.40. The van der Waals surface area contributed by atoms with Crippen LogP contribution in [0.5, 0.6) is 5.75 Å². The molecule has 28 heavy (non-hydrogen) atoms. The molecule has 3 rings (SSSR count). The predicted molar refractivity (Wildman–Crippen MR) is 120 cm³/mol. The zero-order chi connectivity index (χ0) is 19.8. The van der Waals surface area contributed by atoms with Crippen molar-refractivity contribution in [3.8, 4) is 5.75 Å². The third-order valence-corrected chi connectivity index (χ3v) is 5.12. The monoisotopic (exact) mass is 373 g/mol. The van der Waals surface area contributed by atoms with Gasteiger partial charge >= 0.3 is 0 Å². The highest BCUT2D eigenvalue weighted by atomic mass is 16.3. The molecular weight excluding hydrogens is 342 g/mol. The second kappa shape index (κ2) is 9.98. The molecule has 3 aromatic carbocycles. The van der Waals surface area contributed by atoms with Crippen LogP contribution in [0.1, 0.15) is 50.7 Å². The first-order chi connectivity index (χ1) is 13.7. The molecule has 2 heteroatoms. The van der Waals surface area contributed by atoms with E-state index in [0.29, 0.717) is 0 Å². The van der Waals surface area contributed by atoms with E-state index in [9.17, 15) is 5.11 Å². The fourth-order valence-electron chi connectivity index (χ4n) is 3.46. The number of phenolic OH excluding ortho intramolecular Hbond substituents is 1. The molecule has 0 fully saturated rings. The lowest BCUT2D eigenvalue weighted by atomic mass is 10.1. The SMILES string of the molecule is CCCCc1ccc(N(c2ccc(CCCC)cc2)c2cccc(O)c2)cc1. The topological polar surface area (TPSA) is 23.5 Å². The van der Waals surface area contributed by atoms with Crippen LogP contribution in [0.15, 0.2) is 72.8 Å². The van der Waals surface area contributed by atoms with Gasteiger partial charge in [0.2, 0.25) is 0 Å². The van der Waals surface area contributed by atoms with Gasteiger partial charge in [0.25, 0.3) is 0 Å². The van der Waals surface area contributed by atoms with Crippen molar-refractivity contribution in [2.45, 2.75) is 52.4 Å². The first kappa shape index (κ1) is 20.0. The van der Waals surface area contributed by atoms with E-state index in [-0.39, 0.29) is 5.75 Å². The summed E-state index contributed by atoms with van der Waals surface area (Å²) >= 11 is 0. The van der Waals surface area contributed by atoms with E-state index in [4.69, 9.17) is 0 Å². The van der Waals surface area contributed by atoms with E-state index in [2.05, 4.69) is 67.3 Å². The number of unbranched alkanes of at least 4 members (excludes halogenated alkanes) is 2. The minimum absolute atomic E-state index is 0.279. The van der Waals surface area contributed by atoms with Crippen LogP contribution in [-0.4, -0.2) is 5.11 Å².